The first-order valence-corrected chi connectivity index (χ1v) is 5.29. The maximum Gasteiger partial charge on any atom is 0.0923 e. The number of nitrogens with zero attached hydrogens (tertiary/aromatic N) is 1. The Morgan fingerprint density at radius 1 is 1.29 bits per heavy atom. The molecule has 1 fully saturated rings. The number of rotatable bonds is 2. The molecule has 14 heavy (non-hydrogen) atoms. The van der Waals surface area contributed by atoms with Gasteiger partial charge in [-0.15, -0.1) is 0 Å². The van der Waals surface area contributed by atoms with Crippen molar-refractivity contribution in [3.63, 3.8) is 0 Å². The van der Waals surface area contributed by atoms with E-state index in [9.17, 15) is 0 Å². The molecule has 1 aliphatic rings. The second-order valence-electron chi connectivity index (χ2n) is 3.48. The molecule has 74 valence electrons. The van der Waals surface area contributed by atoms with Crippen molar-refractivity contribution in [2.45, 2.75) is 6.54 Å². The predicted molar refractivity (Wildman–Crippen MR) is 62.3 cm³/mol. The van der Waals surface area contributed by atoms with Crippen LogP contribution in [0.15, 0.2) is 30.3 Å². The highest BCUT2D eigenvalue weighted by molar-refractivity contribution is 7.80. The van der Waals surface area contributed by atoms with E-state index in [1.807, 2.05) is 6.07 Å². The van der Waals surface area contributed by atoms with Crippen molar-refractivity contribution in [1.29, 1.82) is 0 Å². The summed E-state index contributed by atoms with van der Waals surface area (Å²) < 4.78 is 0. The van der Waals surface area contributed by atoms with Crippen molar-refractivity contribution in [2.24, 2.45) is 0 Å². The molecule has 0 bridgehead atoms. The van der Waals surface area contributed by atoms with Gasteiger partial charge in [0.2, 0.25) is 0 Å². The lowest BCUT2D eigenvalue weighted by atomic mass is 10.2. The first kappa shape index (κ1) is 9.62. The van der Waals surface area contributed by atoms with Gasteiger partial charge in [-0.05, 0) is 5.56 Å². The Labute approximate surface area is 89.9 Å². The van der Waals surface area contributed by atoms with Crippen molar-refractivity contribution in [2.75, 3.05) is 19.6 Å². The van der Waals surface area contributed by atoms with Gasteiger partial charge in [0.25, 0.3) is 0 Å². The van der Waals surface area contributed by atoms with Crippen LogP contribution in [0, 0.1) is 0 Å². The quantitative estimate of drug-likeness (QED) is 0.737. The average molecular weight is 206 g/mol. The molecule has 1 N–H and O–H groups in total. The third-order valence-corrected chi connectivity index (χ3v) is 2.81. The summed E-state index contributed by atoms with van der Waals surface area (Å²) in [5.74, 6) is 0. The van der Waals surface area contributed by atoms with Crippen LogP contribution in [0.5, 0.6) is 0 Å². The highest BCUT2D eigenvalue weighted by Crippen LogP contribution is 2.06. The number of thiocarbonyl (C=S) groups is 1. The molecule has 0 amide bonds. The average Bonchev–Trinajstić information content (AvgIpc) is 2.23. The van der Waals surface area contributed by atoms with E-state index in [-0.39, 0.29) is 0 Å². The molecule has 0 saturated carbocycles. The summed E-state index contributed by atoms with van der Waals surface area (Å²) in [6, 6.07) is 10.5. The second-order valence-corrected chi connectivity index (χ2v) is 3.95. The highest BCUT2D eigenvalue weighted by Gasteiger charge is 2.13. The molecular weight excluding hydrogens is 192 g/mol. The Morgan fingerprint density at radius 2 is 2.07 bits per heavy atom. The van der Waals surface area contributed by atoms with E-state index in [1.165, 1.54) is 5.56 Å². The molecule has 0 aromatic heterocycles. The van der Waals surface area contributed by atoms with Gasteiger partial charge in [-0.3, -0.25) is 0 Å². The summed E-state index contributed by atoms with van der Waals surface area (Å²) >= 11 is 5.29. The van der Waals surface area contributed by atoms with Crippen molar-refractivity contribution in [3.05, 3.63) is 35.9 Å². The Balaban J connectivity index is 2.00. The fourth-order valence-electron chi connectivity index (χ4n) is 1.62. The zero-order chi connectivity index (χ0) is 9.80. The largest absolute Gasteiger partial charge is 0.359 e. The molecule has 0 unspecified atom stereocenters. The molecule has 0 radical (unpaired) electrons. The predicted octanol–water partition coefficient (Wildman–Crippen LogP) is 1.42. The number of hydrogen-bond acceptors (Lipinski definition) is 2. The minimum atomic E-state index is 0.849. The maximum absolute atomic E-state index is 5.29. The molecule has 1 heterocycles. The summed E-state index contributed by atoms with van der Waals surface area (Å²) in [4.78, 5) is 3.29. The minimum Gasteiger partial charge on any atom is -0.359 e. The van der Waals surface area contributed by atoms with Crippen molar-refractivity contribution in [1.82, 2.24) is 10.2 Å². The number of hydrogen-bond donors (Lipinski definition) is 1. The molecule has 0 aliphatic carbocycles. The first-order chi connectivity index (χ1) is 6.86. The molecule has 0 atom stereocenters. The number of benzene rings is 1. The Kier molecular flexibility index (Phi) is 3.11. The van der Waals surface area contributed by atoms with Crippen LogP contribution >= 0.6 is 12.2 Å². The SMILES string of the molecule is S=C1CNCCN1Cc1ccccc1. The van der Waals surface area contributed by atoms with Crippen molar-refractivity contribution in [3.8, 4) is 0 Å². The Hall–Kier alpha value is -0.930. The van der Waals surface area contributed by atoms with E-state index in [0.29, 0.717) is 0 Å². The molecule has 2 rings (SSSR count). The monoisotopic (exact) mass is 206 g/mol. The molecule has 1 aromatic rings. The van der Waals surface area contributed by atoms with E-state index in [1.54, 1.807) is 0 Å². The lowest BCUT2D eigenvalue weighted by molar-refractivity contribution is 0.382. The van der Waals surface area contributed by atoms with Gasteiger partial charge in [0, 0.05) is 26.2 Å². The highest BCUT2D eigenvalue weighted by atomic mass is 32.1. The van der Waals surface area contributed by atoms with E-state index in [2.05, 4.69) is 34.5 Å². The van der Waals surface area contributed by atoms with E-state index < -0.39 is 0 Å². The van der Waals surface area contributed by atoms with E-state index in [4.69, 9.17) is 12.2 Å². The van der Waals surface area contributed by atoms with Crippen molar-refractivity contribution < 1.29 is 0 Å². The van der Waals surface area contributed by atoms with Crippen LogP contribution in [0.1, 0.15) is 5.56 Å². The summed E-state index contributed by atoms with van der Waals surface area (Å²) in [6.45, 7) is 3.85. The fraction of sp³-hybridized carbons (Fsp3) is 0.364. The molecular formula is C11H14N2S. The minimum absolute atomic E-state index is 0.849. The third kappa shape index (κ3) is 2.30. The summed E-state index contributed by atoms with van der Waals surface area (Å²) in [7, 11) is 0. The molecule has 1 aromatic carbocycles. The standard InChI is InChI=1S/C11H14N2S/c14-11-8-12-6-7-13(11)9-10-4-2-1-3-5-10/h1-5,12H,6-9H2. The topological polar surface area (TPSA) is 15.3 Å². The lowest BCUT2D eigenvalue weighted by Crippen LogP contribution is -2.46. The van der Waals surface area contributed by atoms with Crippen LogP contribution in [0.2, 0.25) is 0 Å². The first-order valence-electron chi connectivity index (χ1n) is 4.89. The molecule has 3 heteroatoms. The van der Waals surface area contributed by atoms with Crippen LogP contribution in [0.3, 0.4) is 0 Å². The molecule has 1 aliphatic heterocycles. The van der Waals surface area contributed by atoms with Crippen LogP contribution in [0.4, 0.5) is 0 Å². The Bertz CT molecular complexity index is 310. The van der Waals surface area contributed by atoms with Gasteiger partial charge in [-0.2, -0.15) is 0 Å². The van der Waals surface area contributed by atoms with Crippen LogP contribution < -0.4 is 5.32 Å². The van der Waals surface area contributed by atoms with Gasteiger partial charge >= 0.3 is 0 Å². The van der Waals surface area contributed by atoms with Gasteiger partial charge in [-0.25, -0.2) is 0 Å². The lowest BCUT2D eigenvalue weighted by Gasteiger charge is -2.30. The van der Waals surface area contributed by atoms with Gasteiger partial charge in [0.05, 0.1) is 4.99 Å². The van der Waals surface area contributed by atoms with Gasteiger partial charge in [0.1, 0.15) is 0 Å². The number of piperazine rings is 1. The third-order valence-electron chi connectivity index (χ3n) is 2.40. The normalized spacial score (nSPS) is 17.1. The number of nitrogens with one attached hydrogen (secondary N) is 1. The van der Waals surface area contributed by atoms with Crippen molar-refractivity contribution >= 4 is 17.2 Å². The summed E-state index contributed by atoms with van der Waals surface area (Å²) in [5.41, 5.74) is 1.33. The van der Waals surface area contributed by atoms with E-state index in [0.717, 1.165) is 31.2 Å². The fourth-order valence-corrected chi connectivity index (χ4v) is 1.87. The molecule has 0 spiro atoms. The van der Waals surface area contributed by atoms with Gasteiger partial charge in [0.15, 0.2) is 0 Å². The Morgan fingerprint density at radius 3 is 2.79 bits per heavy atom. The smallest absolute Gasteiger partial charge is 0.0923 e. The van der Waals surface area contributed by atoms with Gasteiger partial charge in [-0.1, -0.05) is 42.5 Å². The second kappa shape index (κ2) is 4.53. The van der Waals surface area contributed by atoms with Crippen LogP contribution in [-0.2, 0) is 6.54 Å². The zero-order valence-corrected chi connectivity index (χ0v) is 8.89. The summed E-state index contributed by atoms with van der Waals surface area (Å²) in [5, 5.41) is 3.27. The maximum atomic E-state index is 5.29. The van der Waals surface area contributed by atoms with Crippen LogP contribution in [0.25, 0.3) is 0 Å². The molecule has 1 saturated heterocycles. The molecule has 2 nitrogen and oxygen atoms in total. The van der Waals surface area contributed by atoms with Crippen LogP contribution in [-0.4, -0.2) is 29.5 Å². The summed E-state index contributed by atoms with van der Waals surface area (Å²) in [6.07, 6.45) is 0. The zero-order valence-electron chi connectivity index (χ0n) is 8.07. The van der Waals surface area contributed by atoms with E-state index >= 15 is 0 Å². The van der Waals surface area contributed by atoms with Gasteiger partial charge < -0.3 is 10.2 Å².